The molecule has 4 heteroatoms. The molecule has 0 aliphatic carbocycles. The highest BCUT2D eigenvalue weighted by atomic mass is 16.3. The highest BCUT2D eigenvalue weighted by Crippen LogP contribution is 2.47. The Morgan fingerprint density at radius 1 is 0.300 bits per heavy atom. The van der Waals surface area contributed by atoms with Crippen molar-refractivity contribution < 1.29 is 13.3 Å². The predicted molar refractivity (Wildman–Crippen MR) is 249 cm³/mol. The van der Waals surface area contributed by atoms with Crippen molar-refractivity contribution in [2.24, 2.45) is 0 Å². The molecule has 0 saturated carbocycles. The standard InChI is InChI=1S/C56H33NO3/c1-3-15-42-34(11-1)27-31-45-53-41(19-9-23-50(53)59-55(42)45)37-13-7-14-39(33-37)57(47-20-10-24-51-54(47)46-32-28-35-12-2-4-16-43(35)56(46)60-51)38-29-25-36(26-30-38)40-18-8-22-49-52(40)44-17-5-6-21-48(44)58-49/h1-33H. The normalized spacial score (nSPS) is 12.0. The van der Waals surface area contributed by atoms with Crippen LogP contribution in [0, 0.1) is 0 Å². The van der Waals surface area contributed by atoms with E-state index in [2.05, 4.69) is 193 Å². The first-order chi connectivity index (χ1) is 29.7. The molecule has 0 saturated heterocycles. The average molecular weight is 768 g/mol. The van der Waals surface area contributed by atoms with Crippen LogP contribution in [0.3, 0.4) is 0 Å². The van der Waals surface area contributed by atoms with E-state index in [-0.39, 0.29) is 0 Å². The zero-order valence-corrected chi connectivity index (χ0v) is 32.2. The molecule has 0 spiro atoms. The zero-order chi connectivity index (χ0) is 39.3. The first kappa shape index (κ1) is 32.9. The molecule has 0 bridgehead atoms. The quantitative estimate of drug-likeness (QED) is 0.175. The van der Waals surface area contributed by atoms with E-state index in [4.69, 9.17) is 13.3 Å². The molecule has 3 aromatic heterocycles. The van der Waals surface area contributed by atoms with Gasteiger partial charge in [0.25, 0.3) is 0 Å². The second-order valence-electron chi connectivity index (χ2n) is 15.6. The molecule has 0 atom stereocenters. The summed E-state index contributed by atoms with van der Waals surface area (Å²) < 4.78 is 19.6. The summed E-state index contributed by atoms with van der Waals surface area (Å²) in [6.07, 6.45) is 0. The summed E-state index contributed by atoms with van der Waals surface area (Å²) in [7, 11) is 0. The van der Waals surface area contributed by atoms with Crippen molar-refractivity contribution in [1.29, 1.82) is 0 Å². The molecule has 0 N–H and O–H groups in total. The summed E-state index contributed by atoms with van der Waals surface area (Å²) in [5.41, 5.74) is 12.9. The van der Waals surface area contributed by atoms with Gasteiger partial charge in [0, 0.05) is 49.1 Å². The zero-order valence-electron chi connectivity index (χ0n) is 32.2. The number of rotatable bonds is 5. The van der Waals surface area contributed by atoms with E-state index >= 15 is 0 Å². The van der Waals surface area contributed by atoms with E-state index < -0.39 is 0 Å². The van der Waals surface area contributed by atoms with E-state index in [0.29, 0.717) is 0 Å². The number of fused-ring (bicyclic) bond motifs is 13. The Hall–Kier alpha value is -8.08. The van der Waals surface area contributed by atoms with Gasteiger partial charge >= 0.3 is 0 Å². The third-order valence-corrected chi connectivity index (χ3v) is 12.2. The van der Waals surface area contributed by atoms with Crippen molar-refractivity contribution in [3.05, 3.63) is 200 Å². The number of furan rings is 3. The topological polar surface area (TPSA) is 42.7 Å². The van der Waals surface area contributed by atoms with E-state index in [9.17, 15) is 0 Å². The summed E-state index contributed by atoms with van der Waals surface area (Å²) in [5, 5.41) is 11.1. The maximum absolute atomic E-state index is 6.73. The average Bonchev–Trinajstić information content (AvgIpc) is 4.02. The van der Waals surface area contributed by atoms with Gasteiger partial charge in [-0.2, -0.15) is 0 Å². The molecule has 0 fully saturated rings. The van der Waals surface area contributed by atoms with Crippen LogP contribution in [-0.4, -0.2) is 0 Å². The molecule has 60 heavy (non-hydrogen) atoms. The van der Waals surface area contributed by atoms with Crippen LogP contribution >= 0.6 is 0 Å². The van der Waals surface area contributed by atoms with Crippen LogP contribution in [0.25, 0.3) is 110 Å². The van der Waals surface area contributed by atoms with E-state index in [1.54, 1.807) is 0 Å². The van der Waals surface area contributed by atoms with Crippen LogP contribution in [-0.2, 0) is 0 Å². The van der Waals surface area contributed by atoms with Gasteiger partial charge in [-0.05, 0) is 99.8 Å². The maximum Gasteiger partial charge on any atom is 0.143 e. The molecular formula is C56H33NO3. The van der Waals surface area contributed by atoms with Crippen LogP contribution in [0.1, 0.15) is 0 Å². The minimum Gasteiger partial charge on any atom is -0.456 e. The van der Waals surface area contributed by atoms with Crippen molar-refractivity contribution >= 4 is 104 Å². The van der Waals surface area contributed by atoms with Gasteiger partial charge in [-0.1, -0.05) is 133 Å². The molecule has 0 amide bonds. The fourth-order valence-electron chi connectivity index (χ4n) is 9.56. The van der Waals surface area contributed by atoms with Gasteiger partial charge in [0.05, 0.1) is 11.1 Å². The van der Waals surface area contributed by atoms with Crippen molar-refractivity contribution in [3.63, 3.8) is 0 Å². The molecule has 280 valence electrons. The largest absolute Gasteiger partial charge is 0.456 e. The Labute approximate surface area is 343 Å². The molecule has 0 radical (unpaired) electrons. The molecule has 13 aromatic rings. The number of anilines is 3. The number of nitrogens with zero attached hydrogens (tertiary/aromatic N) is 1. The SMILES string of the molecule is c1cc(-c2cccc3oc4c5ccccc5ccc4c23)cc(N(c2ccc(-c3cccc4oc5ccccc5c34)cc2)c2cccc3oc4c5ccccc5ccc4c23)c1. The highest BCUT2D eigenvalue weighted by Gasteiger charge is 2.22. The van der Waals surface area contributed by atoms with Crippen molar-refractivity contribution in [2.75, 3.05) is 4.90 Å². The lowest BCUT2D eigenvalue weighted by molar-refractivity contribution is 0.669. The van der Waals surface area contributed by atoms with Gasteiger partial charge in [-0.25, -0.2) is 0 Å². The second kappa shape index (κ2) is 12.7. The lowest BCUT2D eigenvalue weighted by atomic mass is 9.97. The van der Waals surface area contributed by atoms with Crippen molar-refractivity contribution in [2.45, 2.75) is 0 Å². The van der Waals surface area contributed by atoms with Crippen LogP contribution in [0.2, 0.25) is 0 Å². The van der Waals surface area contributed by atoms with Crippen molar-refractivity contribution in [3.8, 4) is 22.3 Å². The summed E-state index contributed by atoms with van der Waals surface area (Å²) in [5.74, 6) is 0. The van der Waals surface area contributed by atoms with Gasteiger partial charge < -0.3 is 18.2 Å². The number of para-hydroxylation sites is 1. The third kappa shape index (κ3) is 4.85. The molecule has 4 nitrogen and oxygen atoms in total. The molecule has 10 aromatic carbocycles. The summed E-state index contributed by atoms with van der Waals surface area (Å²) in [6.45, 7) is 0. The highest BCUT2D eigenvalue weighted by molar-refractivity contribution is 6.21. The summed E-state index contributed by atoms with van der Waals surface area (Å²) in [6, 6.07) is 70.8. The smallest absolute Gasteiger partial charge is 0.143 e. The monoisotopic (exact) mass is 767 g/mol. The Balaban J connectivity index is 1.03. The molecule has 0 unspecified atom stereocenters. The Kier molecular flexibility index (Phi) is 6.98. The van der Waals surface area contributed by atoms with Gasteiger partial charge in [0.1, 0.15) is 33.5 Å². The fourth-order valence-corrected chi connectivity index (χ4v) is 9.56. The Morgan fingerprint density at radius 2 is 0.833 bits per heavy atom. The van der Waals surface area contributed by atoms with E-state index in [1.165, 1.54) is 0 Å². The fraction of sp³-hybridized carbons (Fsp3) is 0. The van der Waals surface area contributed by atoms with Crippen LogP contribution in [0.15, 0.2) is 213 Å². The number of benzene rings is 10. The van der Waals surface area contributed by atoms with Gasteiger partial charge in [-0.3, -0.25) is 0 Å². The van der Waals surface area contributed by atoms with E-state index in [0.717, 1.165) is 127 Å². The molecule has 0 aliphatic rings. The van der Waals surface area contributed by atoms with Crippen LogP contribution < -0.4 is 4.90 Å². The maximum atomic E-state index is 6.73. The molecule has 3 heterocycles. The predicted octanol–water partition coefficient (Wildman–Crippen LogP) is 16.5. The number of hydrogen-bond acceptors (Lipinski definition) is 4. The Bertz CT molecular complexity index is 3850. The lowest BCUT2D eigenvalue weighted by Crippen LogP contribution is -2.10. The molecule has 13 rings (SSSR count). The summed E-state index contributed by atoms with van der Waals surface area (Å²) >= 11 is 0. The van der Waals surface area contributed by atoms with Crippen molar-refractivity contribution in [1.82, 2.24) is 0 Å². The van der Waals surface area contributed by atoms with Gasteiger partial charge in [0.15, 0.2) is 0 Å². The van der Waals surface area contributed by atoms with E-state index in [1.807, 2.05) is 12.1 Å². The minimum absolute atomic E-state index is 0.844. The summed E-state index contributed by atoms with van der Waals surface area (Å²) in [4.78, 5) is 2.37. The lowest BCUT2D eigenvalue weighted by Gasteiger charge is -2.27. The molecular weight excluding hydrogens is 735 g/mol. The minimum atomic E-state index is 0.844. The Morgan fingerprint density at radius 3 is 1.55 bits per heavy atom. The number of hydrogen-bond donors (Lipinski definition) is 0. The third-order valence-electron chi connectivity index (χ3n) is 12.2. The molecule has 0 aliphatic heterocycles. The van der Waals surface area contributed by atoms with Gasteiger partial charge in [0.2, 0.25) is 0 Å². The van der Waals surface area contributed by atoms with Gasteiger partial charge in [-0.15, -0.1) is 0 Å². The second-order valence-corrected chi connectivity index (χ2v) is 15.6. The first-order valence-corrected chi connectivity index (χ1v) is 20.3. The van der Waals surface area contributed by atoms with Crippen LogP contribution in [0.5, 0.6) is 0 Å². The first-order valence-electron chi connectivity index (χ1n) is 20.3. The van der Waals surface area contributed by atoms with Crippen LogP contribution in [0.4, 0.5) is 17.1 Å².